The molecule has 1 aliphatic rings. The molecule has 1 fully saturated rings. The summed E-state index contributed by atoms with van der Waals surface area (Å²) in [5, 5.41) is 13.1. The highest BCUT2D eigenvalue weighted by molar-refractivity contribution is 7.89. The Kier molecular flexibility index (Phi) is 5.07. The van der Waals surface area contributed by atoms with Crippen molar-refractivity contribution < 1.29 is 22.7 Å². The lowest BCUT2D eigenvalue weighted by Crippen LogP contribution is -2.41. The van der Waals surface area contributed by atoms with E-state index in [0.717, 1.165) is 0 Å². The minimum Gasteiger partial charge on any atom is -0.457 e. The highest BCUT2D eigenvalue weighted by Crippen LogP contribution is 2.23. The second kappa shape index (κ2) is 7.45. The number of rotatable bonds is 6. The Morgan fingerprint density at radius 1 is 1.04 bits per heavy atom. The Morgan fingerprint density at radius 3 is 2.15 bits per heavy atom. The molecule has 1 atom stereocenters. The van der Waals surface area contributed by atoms with Crippen molar-refractivity contribution in [3.05, 3.63) is 54.1 Å². The SMILES string of the molecule is N#Cc1ccc(Oc2ccc(S(=O)(=O)NCC3NC(=O)NC3=O)cc2)cc1. The summed E-state index contributed by atoms with van der Waals surface area (Å²) in [5.74, 6) is 0.334. The average molecular weight is 386 g/mol. The molecule has 1 saturated heterocycles. The van der Waals surface area contributed by atoms with Gasteiger partial charge in [0.1, 0.15) is 17.5 Å². The number of nitriles is 1. The summed E-state index contributed by atoms with van der Waals surface area (Å²) in [4.78, 5) is 22.5. The van der Waals surface area contributed by atoms with Crippen LogP contribution in [0.4, 0.5) is 4.79 Å². The number of carbonyl (C=O) groups excluding carboxylic acids is 2. The van der Waals surface area contributed by atoms with Gasteiger partial charge >= 0.3 is 6.03 Å². The normalized spacial score (nSPS) is 16.3. The van der Waals surface area contributed by atoms with Crippen LogP contribution < -0.4 is 20.1 Å². The van der Waals surface area contributed by atoms with Gasteiger partial charge < -0.3 is 10.1 Å². The fourth-order valence-corrected chi connectivity index (χ4v) is 3.35. The van der Waals surface area contributed by atoms with Crippen molar-refractivity contribution >= 4 is 22.0 Å². The number of nitrogens with zero attached hydrogens (tertiary/aromatic N) is 1. The first-order valence-corrected chi connectivity index (χ1v) is 9.25. The first-order chi connectivity index (χ1) is 12.9. The largest absolute Gasteiger partial charge is 0.457 e. The number of nitrogens with one attached hydrogen (secondary N) is 3. The molecule has 1 heterocycles. The summed E-state index contributed by atoms with van der Waals surface area (Å²) in [6.07, 6.45) is 0. The topological polar surface area (TPSA) is 137 Å². The zero-order chi connectivity index (χ0) is 19.4. The predicted octanol–water partition coefficient (Wildman–Crippen LogP) is 0.837. The Hall–Kier alpha value is -3.42. The van der Waals surface area contributed by atoms with Crippen molar-refractivity contribution in [1.82, 2.24) is 15.4 Å². The van der Waals surface area contributed by atoms with Crippen molar-refractivity contribution in [2.24, 2.45) is 0 Å². The van der Waals surface area contributed by atoms with E-state index in [-0.39, 0.29) is 11.4 Å². The second-order valence-corrected chi connectivity index (χ2v) is 7.34. The van der Waals surface area contributed by atoms with Gasteiger partial charge in [0.15, 0.2) is 0 Å². The Balaban J connectivity index is 1.63. The first kappa shape index (κ1) is 18.4. The van der Waals surface area contributed by atoms with Crippen LogP contribution in [0, 0.1) is 11.3 Å². The molecule has 0 aliphatic carbocycles. The minimum atomic E-state index is -3.86. The molecule has 2 aromatic carbocycles. The van der Waals surface area contributed by atoms with E-state index in [1.165, 1.54) is 24.3 Å². The fourth-order valence-electron chi connectivity index (χ4n) is 2.30. The summed E-state index contributed by atoms with van der Waals surface area (Å²) in [7, 11) is -3.86. The van der Waals surface area contributed by atoms with E-state index in [2.05, 4.69) is 10.0 Å². The first-order valence-electron chi connectivity index (χ1n) is 7.76. The molecule has 2 aromatic rings. The van der Waals surface area contributed by atoms with Gasteiger partial charge in [0, 0.05) is 6.54 Å². The number of sulfonamides is 1. The van der Waals surface area contributed by atoms with Crippen molar-refractivity contribution in [3.63, 3.8) is 0 Å². The van der Waals surface area contributed by atoms with Crippen LogP contribution in [-0.2, 0) is 14.8 Å². The molecule has 0 saturated carbocycles. The fraction of sp³-hybridized carbons (Fsp3) is 0.118. The Labute approximate surface area is 155 Å². The molecule has 3 N–H and O–H groups in total. The van der Waals surface area contributed by atoms with Gasteiger partial charge in [-0.15, -0.1) is 0 Å². The zero-order valence-electron chi connectivity index (χ0n) is 13.8. The molecule has 9 nitrogen and oxygen atoms in total. The summed E-state index contributed by atoms with van der Waals surface area (Å²) in [6, 6.07) is 12.5. The second-order valence-electron chi connectivity index (χ2n) is 5.58. The third-order valence-corrected chi connectivity index (χ3v) is 5.13. The monoisotopic (exact) mass is 386 g/mol. The number of hydrogen-bond acceptors (Lipinski definition) is 6. The van der Waals surface area contributed by atoms with Gasteiger partial charge in [0.25, 0.3) is 5.91 Å². The molecule has 3 rings (SSSR count). The van der Waals surface area contributed by atoms with Gasteiger partial charge in [-0.2, -0.15) is 5.26 Å². The average Bonchev–Trinajstić information content (AvgIpc) is 2.98. The highest BCUT2D eigenvalue weighted by Gasteiger charge is 2.30. The lowest BCUT2D eigenvalue weighted by molar-refractivity contribution is -0.120. The maximum Gasteiger partial charge on any atom is 0.322 e. The third-order valence-electron chi connectivity index (χ3n) is 3.69. The predicted molar refractivity (Wildman–Crippen MR) is 93.3 cm³/mol. The van der Waals surface area contributed by atoms with Gasteiger partial charge in [-0.3, -0.25) is 10.1 Å². The van der Waals surface area contributed by atoms with E-state index >= 15 is 0 Å². The number of amides is 3. The standard InChI is InChI=1S/C17H14N4O5S/c18-9-11-1-3-12(4-2-11)26-13-5-7-14(8-6-13)27(24,25)19-10-15-16(22)21-17(23)20-15/h1-8,15,19H,10H2,(H2,20,21,22,23). The molecule has 0 spiro atoms. The molecule has 10 heteroatoms. The molecule has 3 amide bonds. The van der Waals surface area contributed by atoms with Crippen LogP contribution in [0.25, 0.3) is 0 Å². The molecule has 27 heavy (non-hydrogen) atoms. The van der Waals surface area contributed by atoms with Crippen molar-refractivity contribution in [2.75, 3.05) is 6.54 Å². The molecule has 0 aromatic heterocycles. The van der Waals surface area contributed by atoms with Crippen LogP contribution in [0.3, 0.4) is 0 Å². The lowest BCUT2D eigenvalue weighted by Gasteiger charge is -2.11. The van der Waals surface area contributed by atoms with Crippen LogP contribution in [0.5, 0.6) is 11.5 Å². The molecule has 1 unspecified atom stereocenters. The van der Waals surface area contributed by atoms with Gasteiger partial charge in [-0.1, -0.05) is 0 Å². The van der Waals surface area contributed by atoms with Gasteiger partial charge in [-0.05, 0) is 48.5 Å². The Bertz CT molecular complexity index is 1010. The summed E-state index contributed by atoms with van der Waals surface area (Å²) < 4.78 is 32.4. The minimum absolute atomic E-state index is 0.0144. The number of ether oxygens (including phenoxy) is 1. The number of carbonyl (C=O) groups is 2. The molecule has 138 valence electrons. The molecular formula is C17H14N4O5S. The van der Waals surface area contributed by atoms with Crippen LogP contribution in [0.2, 0.25) is 0 Å². The van der Waals surface area contributed by atoms with Crippen LogP contribution in [0.15, 0.2) is 53.4 Å². The lowest BCUT2D eigenvalue weighted by atomic mass is 10.2. The van der Waals surface area contributed by atoms with E-state index in [4.69, 9.17) is 10.00 Å². The summed E-state index contributed by atoms with van der Waals surface area (Å²) in [5.41, 5.74) is 0.502. The maximum atomic E-state index is 12.3. The van der Waals surface area contributed by atoms with Crippen LogP contribution in [0.1, 0.15) is 5.56 Å². The molecular weight excluding hydrogens is 372 g/mol. The van der Waals surface area contributed by atoms with E-state index in [1.807, 2.05) is 11.4 Å². The number of hydrogen-bond donors (Lipinski definition) is 3. The molecule has 0 radical (unpaired) electrons. The third kappa shape index (κ3) is 4.41. The maximum absolute atomic E-state index is 12.3. The van der Waals surface area contributed by atoms with Crippen molar-refractivity contribution in [2.45, 2.75) is 10.9 Å². The quantitative estimate of drug-likeness (QED) is 0.629. The van der Waals surface area contributed by atoms with E-state index < -0.39 is 28.0 Å². The number of imide groups is 1. The van der Waals surface area contributed by atoms with Gasteiger partial charge in [-0.25, -0.2) is 17.9 Å². The smallest absolute Gasteiger partial charge is 0.322 e. The highest BCUT2D eigenvalue weighted by atomic mass is 32.2. The molecule has 0 bridgehead atoms. The van der Waals surface area contributed by atoms with Crippen LogP contribution in [-0.4, -0.2) is 32.9 Å². The number of urea groups is 1. The van der Waals surface area contributed by atoms with Crippen LogP contribution >= 0.6 is 0 Å². The van der Waals surface area contributed by atoms with Gasteiger partial charge in [0.05, 0.1) is 16.5 Å². The number of benzene rings is 2. The molecule has 1 aliphatic heterocycles. The van der Waals surface area contributed by atoms with Gasteiger partial charge in [0.2, 0.25) is 10.0 Å². The Morgan fingerprint density at radius 2 is 1.63 bits per heavy atom. The van der Waals surface area contributed by atoms with Crippen molar-refractivity contribution in [3.8, 4) is 17.6 Å². The summed E-state index contributed by atoms with van der Waals surface area (Å²) >= 11 is 0. The van der Waals surface area contributed by atoms with Crippen molar-refractivity contribution in [1.29, 1.82) is 5.26 Å². The van der Waals surface area contributed by atoms with E-state index in [0.29, 0.717) is 17.1 Å². The van der Waals surface area contributed by atoms with E-state index in [1.54, 1.807) is 24.3 Å². The summed E-state index contributed by atoms with van der Waals surface area (Å²) in [6.45, 7) is -0.261. The zero-order valence-corrected chi connectivity index (χ0v) is 14.6. The van der Waals surface area contributed by atoms with E-state index in [9.17, 15) is 18.0 Å².